The van der Waals surface area contributed by atoms with Crippen molar-refractivity contribution in [3.05, 3.63) is 0 Å². The highest BCUT2D eigenvalue weighted by Gasteiger charge is 2.48. The molecule has 31 heavy (non-hydrogen) atoms. The third-order valence-corrected chi connectivity index (χ3v) is 7.91. The Balaban J connectivity index is 1.72. The van der Waals surface area contributed by atoms with Gasteiger partial charge in [0.2, 0.25) is 0 Å². The molecule has 3 fully saturated rings. The van der Waals surface area contributed by atoms with E-state index in [0.717, 1.165) is 25.7 Å². The van der Waals surface area contributed by atoms with Crippen molar-refractivity contribution in [1.82, 2.24) is 0 Å². The van der Waals surface area contributed by atoms with Crippen LogP contribution in [0.3, 0.4) is 0 Å². The lowest BCUT2D eigenvalue weighted by molar-refractivity contribution is -0.176. The molecular formula is C24H38O7. The van der Waals surface area contributed by atoms with Crippen LogP contribution in [-0.2, 0) is 23.9 Å². The molecule has 3 aliphatic rings. The number of ether oxygens (including phenoxy) is 2. The van der Waals surface area contributed by atoms with E-state index in [0.29, 0.717) is 38.0 Å². The SMILES string of the molecule is CCC(C)(C)C(=O)O[C@H]1C[C@@H](C(=O)O)C[C@@H]2CCC[C@@H](CC[C@@H]3C[C@@H](O)CC(=O)O3)C21. The van der Waals surface area contributed by atoms with Crippen LogP contribution in [0.5, 0.6) is 0 Å². The Hall–Kier alpha value is -1.63. The Morgan fingerprint density at radius 3 is 2.55 bits per heavy atom. The summed E-state index contributed by atoms with van der Waals surface area (Å²) < 4.78 is 11.4. The first-order valence-electron chi connectivity index (χ1n) is 11.9. The van der Waals surface area contributed by atoms with E-state index in [-0.39, 0.29) is 42.4 Å². The molecule has 0 amide bonds. The maximum absolute atomic E-state index is 12.8. The van der Waals surface area contributed by atoms with Crippen molar-refractivity contribution in [3.63, 3.8) is 0 Å². The number of aliphatic hydroxyl groups excluding tert-OH is 1. The van der Waals surface area contributed by atoms with Crippen molar-refractivity contribution in [2.45, 2.75) is 103 Å². The summed E-state index contributed by atoms with van der Waals surface area (Å²) in [7, 11) is 0. The number of hydrogen-bond donors (Lipinski definition) is 2. The van der Waals surface area contributed by atoms with Gasteiger partial charge in [0.05, 0.1) is 23.9 Å². The van der Waals surface area contributed by atoms with Gasteiger partial charge in [0, 0.05) is 12.3 Å². The van der Waals surface area contributed by atoms with Crippen LogP contribution in [0.1, 0.15) is 85.0 Å². The third kappa shape index (κ3) is 5.79. The van der Waals surface area contributed by atoms with Crippen molar-refractivity contribution < 1.29 is 34.1 Å². The van der Waals surface area contributed by atoms with Crippen molar-refractivity contribution in [1.29, 1.82) is 0 Å². The van der Waals surface area contributed by atoms with Gasteiger partial charge in [0.25, 0.3) is 0 Å². The van der Waals surface area contributed by atoms with Gasteiger partial charge >= 0.3 is 17.9 Å². The zero-order chi connectivity index (χ0) is 22.8. The summed E-state index contributed by atoms with van der Waals surface area (Å²) >= 11 is 0. The van der Waals surface area contributed by atoms with Crippen LogP contribution in [0.25, 0.3) is 0 Å². The highest BCUT2D eigenvalue weighted by atomic mass is 16.6. The molecule has 0 radical (unpaired) electrons. The Morgan fingerprint density at radius 2 is 1.90 bits per heavy atom. The van der Waals surface area contributed by atoms with Gasteiger partial charge in [0.15, 0.2) is 0 Å². The number of cyclic esters (lactones) is 1. The smallest absolute Gasteiger partial charge is 0.311 e. The summed E-state index contributed by atoms with van der Waals surface area (Å²) in [5.74, 6) is -1.20. The maximum Gasteiger partial charge on any atom is 0.311 e. The normalized spacial score (nSPS) is 36.3. The molecule has 7 heteroatoms. The van der Waals surface area contributed by atoms with Crippen LogP contribution in [0.15, 0.2) is 0 Å². The van der Waals surface area contributed by atoms with Gasteiger partial charge in [-0.15, -0.1) is 0 Å². The molecule has 1 heterocycles. The van der Waals surface area contributed by atoms with E-state index in [1.807, 2.05) is 20.8 Å². The van der Waals surface area contributed by atoms with Crippen LogP contribution in [0.2, 0.25) is 0 Å². The number of carbonyl (C=O) groups excluding carboxylic acids is 2. The number of esters is 2. The second-order valence-corrected chi connectivity index (χ2v) is 10.5. The van der Waals surface area contributed by atoms with Crippen LogP contribution < -0.4 is 0 Å². The van der Waals surface area contributed by atoms with Gasteiger partial charge in [-0.25, -0.2) is 0 Å². The molecule has 1 aliphatic heterocycles. The monoisotopic (exact) mass is 438 g/mol. The summed E-state index contributed by atoms with van der Waals surface area (Å²) in [5.41, 5.74) is -0.595. The topological polar surface area (TPSA) is 110 Å². The molecule has 2 aliphatic carbocycles. The largest absolute Gasteiger partial charge is 0.481 e. The molecule has 0 aromatic heterocycles. The Kier molecular flexibility index (Phi) is 7.66. The molecule has 0 aromatic carbocycles. The van der Waals surface area contributed by atoms with Crippen LogP contribution in [0, 0.1) is 29.1 Å². The summed E-state index contributed by atoms with van der Waals surface area (Å²) in [6.07, 6.45) is 5.42. The minimum atomic E-state index is -0.806. The minimum Gasteiger partial charge on any atom is -0.481 e. The summed E-state index contributed by atoms with van der Waals surface area (Å²) in [4.78, 5) is 36.3. The third-order valence-electron chi connectivity index (χ3n) is 7.91. The molecule has 7 atom stereocenters. The van der Waals surface area contributed by atoms with E-state index in [1.54, 1.807) is 0 Å². The Labute approximate surface area is 184 Å². The predicted molar refractivity (Wildman–Crippen MR) is 113 cm³/mol. The van der Waals surface area contributed by atoms with E-state index in [9.17, 15) is 24.6 Å². The van der Waals surface area contributed by atoms with Crippen LogP contribution in [0.4, 0.5) is 0 Å². The quantitative estimate of drug-likeness (QED) is 0.583. The average Bonchev–Trinajstić information content (AvgIpc) is 2.71. The van der Waals surface area contributed by atoms with Crippen molar-refractivity contribution in [2.75, 3.05) is 0 Å². The van der Waals surface area contributed by atoms with E-state index >= 15 is 0 Å². The molecule has 2 N–H and O–H groups in total. The fraction of sp³-hybridized carbons (Fsp3) is 0.875. The van der Waals surface area contributed by atoms with E-state index in [1.165, 1.54) is 0 Å². The number of fused-ring (bicyclic) bond motifs is 1. The van der Waals surface area contributed by atoms with Gasteiger partial charge in [-0.3, -0.25) is 14.4 Å². The van der Waals surface area contributed by atoms with Crippen LogP contribution >= 0.6 is 0 Å². The van der Waals surface area contributed by atoms with E-state index in [4.69, 9.17) is 9.47 Å². The number of aliphatic hydroxyl groups is 1. The van der Waals surface area contributed by atoms with Crippen LogP contribution in [-0.4, -0.2) is 46.4 Å². The highest BCUT2D eigenvalue weighted by molar-refractivity contribution is 5.76. The first-order chi connectivity index (χ1) is 14.6. The molecule has 0 bridgehead atoms. The van der Waals surface area contributed by atoms with Crippen molar-refractivity contribution in [2.24, 2.45) is 29.1 Å². The van der Waals surface area contributed by atoms with Crippen molar-refractivity contribution >= 4 is 17.9 Å². The lowest BCUT2D eigenvalue weighted by atomic mass is 9.60. The second kappa shape index (κ2) is 9.88. The number of carboxylic acids is 1. The number of carbonyl (C=O) groups is 3. The van der Waals surface area contributed by atoms with Gasteiger partial charge in [0.1, 0.15) is 12.2 Å². The molecule has 1 unspecified atom stereocenters. The Morgan fingerprint density at radius 1 is 1.16 bits per heavy atom. The molecule has 0 aromatic rings. The molecule has 0 spiro atoms. The molecule has 1 saturated heterocycles. The first-order valence-corrected chi connectivity index (χ1v) is 11.9. The summed E-state index contributed by atoms with van der Waals surface area (Å²) in [6.45, 7) is 5.69. The highest BCUT2D eigenvalue weighted by Crippen LogP contribution is 2.49. The van der Waals surface area contributed by atoms with Crippen molar-refractivity contribution in [3.8, 4) is 0 Å². The van der Waals surface area contributed by atoms with Gasteiger partial charge in [-0.1, -0.05) is 19.8 Å². The van der Waals surface area contributed by atoms with Gasteiger partial charge in [-0.05, 0) is 64.2 Å². The standard InChI is InChI=1S/C24H38O7/c1-4-24(2,3)23(29)31-19-11-16(22(27)28)10-15-7-5-6-14(21(15)19)8-9-18-12-17(25)13-20(26)30-18/h14-19,21,25H,4-13H2,1-3H3,(H,27,28)/t14-,15-,16-,17+,18+,19-,21?/m0/s1. The zero-order valence-corrected chi connectivity index (χ0v) is 19.0. The number of rotatable bonds is 7. The summed E-state index contributed by atoms with van der Waals surface area (Å²) in [5, 5.41) is 19.5. The maximum atomic E-state index is 12.8. The molecule has 2 saturated carbocycles. The lowest BCUT2D eigenvalue weighted by Gasteiger charge is -2.48. The van der Waals surface area contributed by atoms with E-state index < -0.39 is 23.4 Å². The van der Waals surface area contributed by atoms with Gasteiger partial charge in [-0.2, -0.15) is 0 Å². The fourth-order valence-electron chi connectivity index (χ4n) is 5.74. The Bertz CT molecular complexity index is 673. The van der Waals surface area contributed by atoms with E-state index in [2.05, 4.69) is 0 Å². The fourth-order valence-corrected chi connectivity index (χ4v) is 5.74. The first kappa shape index (κ1) is 24.0. The number of aliphatic carboxylic acids is 1. The number of hydrogen-bond acceptors (Lipinski definition) is 6. The minimum absolute atomic E-state index is 0.0619. The predicted octanol–water partition coefficient (Wildman–Crippen LogP) is 3.71. The average molecular weight is 439 g/mol. The molecule has 176 valence electrons. The molecule has 3 rings (SSSR count). The van der Waals surface area contributed by atoms with Gasteiger partial charge < -0.3 is 19.7 Å². The molecular weight excluding hydrogens is 400 g/mol. The second-order valence-electron chi connectivity index (χ2n) is 10.5. The summed E-state index contributed by atoms with van der Waals surface area (Å²) in [6, 6.07) is 0. The zero-order valence-electron chi connectivity index (χ0n) is 19.0. The number of carboxylic acid groups (broad SMARTS) is 1. The molecule has 7 nitrogen and oxygen atoms in total. The lowest BCUT2D eigenvalue weighted by Crippen LogP contribution is -2.48.